The second kappa shape index (κ2) is 7.47. The molecule has 3 aromatic rings. The molecule has 1 heterocycles. The average molecular weight is 404 g/mol. The molecule has 4 nitrogen and oxygen atoms in total. The Labute approximate surface area is 152 Å². The summed E-state index contributed by atoms with van der Waals surface area (Å²) >= 11 is 9.30. The van der Waals surface area contributed by atoms with Gasteiger partial charge in [0, 0.05) is 15.1 Å². The molecule has 1 aromatic heterocycles. The Morgan fingerprint density at radius 2 is 1.96 bits per heavy atom. The Bertz CT molecular complexity index is 905. The molecule has 1 amide bonds. The van der Waals surface area contributed by atoms with Crippen LogP contribution >= 0.6 is 27.5 Å². The number of amides is 1. The normalized spacial score (nSPS) is 10.9. The predicted molar refractivity (Wildman–Crippen MR) is 98.4 cm³/mol. The SMILES string of the molecule is O=C(N/N=C\c1ccc(-c2cccc(Cl)c2)o1)c1ccccc1Br. The van der Waals surface area contributed by atoms with Gasteiger partial charge in [-0.3, -0.25) is 4.79 Å². The molecule has 0 spiro atoms. The van der Waals surface area contributed by atoms with E-state index in [0.717, 1.165) is 5.56 Å². The van der Waals surface area contributed by atoms with Crippen molar-refractivity contribution in [1.82, 2.24) is 5.43 Å². The van der Waals surface area contributed by atoms with Crippen LogP contribution in [0, 0.1) is 0 Å². The third-order valence-electron chi connectivity index (χ3n) is 3.21. The van der Waals surface area contributed by atoms with E-state index in [-0.39, 0.29) is 5.91 Å². The summed E-state index contributed by atoms with van der Waals surface area (Å²) in [7, 11) is 0. The van der Waals surface area contributed by atoms with E-state index in [4.69, 9.17) is 16.0 Å². The zero-order valence-corrected chi connectivity index (χ0v) is 14.7. The lowest BCUT2D eigenvalue weighted by Crippen LogP contribution is -2.17. The molecule has 120 valence electrons. The van der Waals surface area contributed by atoms with Crippen molar-refractivity contribution >= 4 is 39.7 Å². The number of furan rings is 1. The number of halogens is 2. The van der Waals surface area contributed by atoms with Gasteiger partial charge in [0.25, 0.3) is 5.91 Å². The largest absolute Gasteiger partial charge is 0.455 e. The maximum Gasteiger partial charge on any atom is 0.272 e. The van der Waals surface area contributed by atoms with Crippen molar-refractivity contribution in [2.24, 2.45) is 5.10 Å². The van der Waals surface area contributed by atoms with E-state index < -0.39 is 0 Å². The molecular formula is C18H12BrClN2O2. The summed E-state index contributed by atoms with van der Waals surface area (Å²) in [6, 6.07) is 18.1. The van der Waals surface area contributed by atoms with Gasteiger partial charge in [0.15, 0.2) is 0 Å². The van der Waals surface area contributed by atoms with Crippen LogP contribution in [0.25, 0.3) is 11.3 Å². The first-order valence-electron chi connectivity index (χ1n) is 7.07. The van der Waals surface area contributed by atoms with Gasteiger partial charge in [-0.15, -0.1) is 0 Å². The van der Waals surface area contributed by atoms with Crippen LogP contribution < -0.4 is 5.43 Å². The molecule has 0 aliphatic rings. The van der Waals surface area contributed by atoms with Crippen molar-refractivity contribution in [2.45, 2.75) is 0 Å². The summed E-state index contributed by atoms with van der Waals surface area (Å²) in [5.41, 5.74) is 3.85. The standard InChI is InChI=1S/C18H12BrClN2O2/c19-16-7-2-1-6-15(16)18(23)22-21-11-14-8-9-17(24-14)12-4-3-5-13(20)10-12/h1-11H,(H,22,23)/b21-11-. The van der Waals surface area contributed by atoms with Crippen molar-refractivity contribution in [3.05, 3.63) is 81.5 Å². The molecule has 6 heteroatoms. The molecule has 2 aromatic carbocycles. The fourth-order valence-electron chi connectivity index (χ4n) is 2.08. The van der Waals surface area contributed by atoms with Gasteiger partial charge in [0.1, 0.15) is 11.5 Å². The maximum absolute atomic E-state index is 12.0. The van der Waals surface area contributed by atoms with Crippen LogP contribution in [0.5, 0.6) is 0 Å². The fraction of sp³-hybridized carbons (Fsp3) is 0. The van der Waals surface area contributed by atoms with Gasteiger partial charge in [0.2, 0.25) is 0 Å². The first-order chi connectivity index (χ1) is 11.6. The van der Waals surface area contributed by atoms with E-state index in [0.29, 0.717) is 26.6 Å². The van der Waals surface area contributed by atoms with Gasteiger partial charge >= 0.3 is 0 Å². The van der Waals surface area contributed by atoms with Gasteiger partial charge in [-0.05, 0) is 52.3 Å². The highest BCUT2D eigenvalue weighted by Crippen LogP contribution is 2.24. The van der Waals surface area contributed by atoms with E-state index in [9.17, 15) is 4.79 Å². The zero-order chi connectivity index (χ0) is 16.9. The number of nitrogens with zero attached hydrogens (tertiary/aromatic N) is 1. The second-order valence-corrected chi connectivity index (χ2v) is 6.18. The number of rotatable bonds is 4. The van der Waals surface area contributed by atoms with Crippen LogP contribution in [0.4, 0.5) is 0 Å². The zero-order valence-electron chi connectivity index (χ0n) is 12.4. The molecule has 0 atom stereocenters. The third kappa shape index (κ3) is 3.93. The quantitative estimate of drug-likeness (QED) is 0.485. The molecule has 0 saturated carbocycles. The van der Waals surface area contributed by atoms with Crippen LogP contribution in [0.15, 0.2) is 74.7 Å². The van der Waals surface area contributed by atoms with E-state index in [1.54, 1.807) is 30.3 Å². The van der Waals surface area contributed by atoms with Crippen LogP contribution in [-0.2, 0) is 0 Å². The van der Waals surface area contributed by atoms with Crippen molar-refractivity contribution in [2.75, 3.05) is 0 Å². The van der Waals surface area contributed by atoms with Crippen molar-refractivity contribution in [1.29, 1.82) is 0 Å². The predicted octanol–water partition coefficient (Wildman–Crippen LogP) is 5.13. The van der Waals surface area contributed by atoms with Crippen LogP contribution in [0.2, 0.25) is 5.02 Å². The fourth-order valence-corrected chi connectivity index (χ4v) is 2.73. The van der Waals surface area contributed by atoms with Crippen LogP contribution in [0.1, 0.15) is 16.1 Å². The summed E-state index contributed by atoms with van der Waals surface area (Å²) < 4.78 is 6.37. The molecule has 24 heavy (non-hydrogen) atoms. The highest BCUT2D eigenvalue weighted by atomic mass is 79.9. The molecule has 0 aliphatic heterocycles. The van der Waals surface area contributed by atoms with Crippen LogP contribution in [0.3, 0.4) is 0 Å². The minimum absolute atomic E-state index is 0.305. The molecule has 0 saturated heterocycles. The van der Waals surface area contributed by atoms with Crippen LogP contribution in [-0.4, -0.2) is 12.1 Å². The summed E-state index contributed by atoms with van der Waals surface area (Å²) in [6.07, 6.45) is 1.45. The molecule has 0 fully saturated rings. The maximum atomic E-state index is 12.0. The average Bonchev–Trinajstić information content (AvgIpc) is 3.04. The number of hydrazone groups is 1. The van der Waals surface area contributed by atoms with Crippen molar-refractivity contribution in [3.63, 3.8) is 0 Å². The summed E-state index contributed by atoms with van der Waals surface area (Å²) in [4.78, 5) is 12.0. The van der Waals surface area contributed by atoms with Gasteiger partial charge in [-0.2, -0.15) is 5.10 Å². The van der Waals surface area contributed by atoms with E-state index in [2.05, 4.69) is 26.5 Å². The lowest BCUT2D eigenvalue weighted by atomic mass is 10.2. The molecule has 1 N–H and O–H groups in total. The number of hydrogen-bond donors (Lipinski definition) is 1. The molecule has 0 aliphatic carbocycles. The second-order valence-electron chi connectivity index (χ2n) is 4.89. The topological polar surface area (TPSA) is 54.6 Å². The smallest absolute Gasteiger partial charge is 0.272 e. The van der Waals surface area contributed by atoms with E-state index in [1.165, 1.54) is 6.21 Å². The Kier molecular flexibility index (Phi) is 5.13. The lowest BCUT2D eigenvalue weighted by molar-refractivity contribution is 0.0954. The number of carbonyl (C=O) groups excluding carboxylic acids is 1. The Morgan fingerprint density at radius 3 is 2.75 bits per heavy atom. The number of nitrogens with one attached hydrogen (secondary N) is 1. The highest BCUT2D eigenvalue weighted by molar-refractivity contribution is 9.10. The molecule has 0 unspecified atom stereocenters. The Morgan fingerprint density at radius 1 is 1.12 bits per heavy atom. The number of hydrogen-bond acceptors (Lipinski definition) is 3. The molecule has 0 bridgehead atoms. The molecule has 0 radical (unpaired) electrons. The third-order valence-corrected chi connectivity index (χ3v) is 4.14. The lowest BCUT2D eigenvalue weighted by Gasteiger charge is -2.01. The first-order valence-corrected chi connectivity index (χ1v) is 8.24. The molecular weight excluding hydrogens is 392 g/mol. The highest BCUT2D eigenvalue weighted by Gasteiger charge is 2.08. The van der Waals surface area contributed by atoms with E-state index >= 15 is 0 Å². The Balaban J connectivity index is 1.68. The number of carbonyl (C=O) groups is 1. The molecule has 3 rings (SSSR count). The first kappa shape index (κ1) is 16.5. The van der Waals surface area contributed by atoms with Crippen molar-refractivity contribution in [3.8, 4) is 11.3 Å². The Hall–Kier alpha value is -2.37. The van der Waals surface area contributed by atoms with E-state index in [1.807, 2.05) is 30.3 Å². The van der Waals surface area contributed by atoms with Crippen molar-refractivity contribution < 1.29 is 9.21 Å². The number of benzene rings is 2. The van der Waals surface area contributed by atoms with Gasteiger partial charge in [-0.25, -0.2) is 5.43 Å². The minimum atomic E-state index is -0.305. The van der Waals surface area contributed by atoms with Gasteiger partial charge < -0.3 is 4.42 Å². The summed E-state index contributed by atoms with van der Waals surface area (Å²) in [5, 5.41) is 4.56. The summed E-state index contributed by atoms with van der Waals surface area (Å²) in [6.45, 7) is 0. The monoisotopic (exact) mass is 402 g/mol. The van der Waals surface area contributed by atoms with Gasteiger partial charge in [0.05, 0.1) is 11.8 Å². The summed E-state index contributed by atoms with van der Waals surface area (Å²) in [5.74, 6) is 0.897. The van der Waals surface area contributed by atoms with Gasteiger partial charge in [-0.1, -0.05) is 35.9 Å². The minimum Gasteiger partial charge on any atom is -0.455 e.